The predicted molar refractivity (Wildman–Crippen MR) is 101 cm³/mol. The van der Waals surface area contributed by atoms with Crippen LogP contribution in [-0.4, -0.2) is 28.8 Å². The molecule has 0 saturated carbocycles. The summed E-state index contributed by atoms with van der Waals surface area (Å²) in [4.78, 5) is 33.0. The smallest absolute Gasteiger partial charge is 0.273 e. The van der Waals surface area contributed by atoms with E-state index in [4.69, 9.17) is 0 Å². The van der Waals surface area contributed by atoms with Crippen molar-refractivity contribution in [3.8, 4) is 0 Å². The van der Waals surface area contributed by atoms with E-state index in [0.29, 0.717) is 23.6 Å². The van der Waals surface area contributed by atoms with Crippen molar-refractivity contribution < 1.29 is 9.59 Å². The maximum atomic E-state index is 12.4. The lowest BCUT2D eigenvalue weighted by Gasteiger charge is -2.17. The van der Waals surface area contributed by atoms with Crippen LogP contribution in [0.4, 0.5) is 11.4 Å². The van der Waals surface area contributed by atoms with Crippen LogP contribution in [0.25, 0.3) is 0 Å². The van der Waals surface area contributed by atoms with Crippen molar-refractivity contribution >= 4 is 23.2 Å². The molecule has 0 unspecified atom stereocenters. The average Bonchev–Trinajstić information content (AvgIpc) is 3.10. The Kier molecular flexibility index (Phi) is 5.12. The Labute approximate surface area is 151 Å². The lowest BCUT2D eigenvalue weighted by molar-refractivity contribution is -0.117. The minimum atomic E-state index is -0.252. The van der Waals surface area contributed by atoms with E-state index in [2.05, 4.69) is 15.3 Å². The van der Waals surface area contributed by atoms with Gasteiger partial charge in [0, 0.05) is 18.4 Å². The van der Waals surface area contributed by atoms with Gasteiger partial charge in [-0.1, -0.05) is 30.3 Å². The summed E-state index contributed by atoms with van der Waals surface area (Å²) < 4.78 is 0. The highest BCUT2D eigenvalue weighted by molar-refractivity contribution is 6.02. The fraction of sp³-hybridized carbons (Fsp3) is 0.150. The van der Waals surface area contributed by atoms with Crippen molar-refractivity contribution in [2.75, 3.05) is 17.3 Å². The molecule has 0 atom stereocenters. The van der Waals surface area contributed by atoms with Crippen molar-refractivity contribution in [1.82, 2.24) is 9.97 Å². The summed E-state index contributed by atoms with van der Waals surface area (Å²) >= 11 is 0. The molecule has 0 fully saturated rings. The Morgan fingerprint density at radius 1 is 1.08 bits per heavy atom. The highest BCUT2D eigenvalue weighted by atomic mass is 16.2. The number of hydrogen-bond donors (Lipinski definition) is 2. The molecule has 2 aromatic carbocycles. The van der Waals surface area contributed by atoms with E-state index in [-0.39, 0.29) is 11.8 Å². The maximum absolute atomic E-state index is 12.4. The number of hydrogen-bond acceptors (Lipinski definition) is 3. The van der Waals surface area contributed by atoms with E-state index in [9.17, 15) is 9.59 Å². The van der Waals surface area contributed by atoms with E-state index in [0.717, 1.165) is 11.3 Å². The number of amides is 2. The Hall–Kier alpha value is -3.41. The number of H-pyrrole nitrogens is 1. The van der Waals surface area contributed by atoms with Gasteiger partial charge >= 0.3 is 0 Å². The second kappa shape index (κ2) is 7.65. The molecular formula is C20H20N4O2. The zero-order valence-electron chi connectivity index (χ0n) is 14.7. The van der Waals surface area contributed by atoms with Gasteiger partial charge in [0.15, 0.2) is 0 Å². The van der Waals surface area contributed by atoms with Crippen molar-refractivity contribution in [3.05, 3.63) is 77.9 Å². The van der Waals surface area contributed by atoms with Gasteiger partial charge in [0.2, 0.25) is 5.91 Å². The van der Waals surface area contributed by atoms with Crippen LogP contribution in [0.15, 0.2) is 60.8 Å². The SMILES string of the molecule is Cc1ncc(C(=O)Nc2ccc(CC(=O)N(C)c3ccccc3)cc2)[nH]1. The predicted octanol–water partition coefficient (Wildman–Crippen LogP) is 3.18. The van der Waals surface area contributed by atoms with Crippen LogP contribution < -0.4 is 10.2 Å². The molecule has 1 heterocycles. The van der Waals surface area contributed by atoms with E-state index in [1.807, 2.05) is 42.5 Å². The number of aromatic nitrogens is 2. The van der Waals surface area contributed by atoms with Gasteiger partial charge in [-0.3, -0.25) is 9.59 Å². The summed E-state index contributed by atoms with van der Waals surface area (Å²) in [6, 6.07) is 16.8. The molecule has 0 aliphatic carbocycles. The highest BCUT2D eigenvalue weighted by Crippen LogP contribution is 2.15. The fourth-order valence-electron chi connectivity index (χ4n) is 2.53. The molecule has 2 N–H and O–H groups in total. The van der Waals surface area contributed by atoms with Gasteiger partial charge in [0.25, 0.3) is 5.91 Å². The molecule has 3 rings (SSSR count). The molecule has 0 saturated heterocycles. The first-order valence-corrected chi connectivity index (χ1v) is 8.26. The Morgan fingerprint density at radius 2 is 1.77 bits per heavy atom. The van der Waals surface area contributed by atoms with E-state index >= 15 is 0 Å². The first kappa shape index (κ1) is 17.4. The lowest BCUT2D eigenvalue weighted by atomic mass is 10.1. The number of aryl methyl sites for hydroxylation is 1. The molecule has 6 heteroatoms. The number of benzene rings is 2. The maximum Gasteiger partial charge on any atom is 0.273 e. The summed E-state index contributed by atoms with van der Waals surface area (Å²) in [7, 11) is 1.76. The van der Waals surface area contributed by atoms with Crippen molar-refractivity contribution in [3.63, 3.8) is 0 Å². The Bertz CT molecular complexity index is 901. The minimum Gasteiger partial charge on any atom is -0.338 e. The Balaban J connectivity index is 1.60. The number of carbonyl (C=O) groups is 2. The van der Waals surface area contributed by atoms with Gasteiger partial charge in [-0.25, -0.2) is 4.98 Å². The van der Waals surface area contributed by atoms with Crippen LogP contribution in [0.3, 0.4) is 0 Å². The van der Waals surface area contributed by atoms with Gasteiger partial charge < -0.3 is 15.2 Å². The number of para-hydroxylation sites is 1. The molecule has 132 valence electrons. The number of nitrogens with zero attached hydrogens (tertiary/aromatic N) is 2. The topological polar surface area (TPSA) is 78.1 Å². The normalized spacial score (nSPS) is 10.4. The average molecular weight is 348 g/mol. The number of likely N-dealkylation sites (N-methyl/N-ethyl adjacent to an activating group) is 1. The molecule has 0 spiro atoms. The molecule has 2 amide bonds. The zero-order chi connectivity index (χ0) is 18.5. The molecule has 0 aliphatic heterocycles. The fourth-order valence-corrected chi connectivity index (χ4v) is 2.53. The Morgan fingerprint density at radius 3 is 2.38 bits per heavy atom. The molecule has 26 heavy (non-hydrogen) atoms. The molecular weight excluding hydrogens is 328 g/mol. The first-order chi connectivity index (χ1) is 12.5. The highest BCUT2D eigenvalue weighted by Gasteiger charge is 2.12. The number of imidazole rings is 1. The number of aromatic amines is 1. The van der Waals surface area contributed by atoms with Crippen LogP contribution in [0, 0.1) is 6.92 Å². The van der Waals surface area contributed by atoms with E-state index in [1.54, 1.807) is 31.0 Å². The summed E-state index contributed by atoms with van der Waals surface area (Å²) in [6.45, 7) is 1.79. The second-order valence-electron chi connectivity index (χ2n) is 6.00. The van der Waals surface area contributed by atoms with Crippen molar-refractivity contribution in [2.45, 2.75) is 13.3 Å². The molecule has 1 aromatic heterocycles. The number of nitrogens with one attached hydrogen (secondary N) is 2. The summed E-state index contributed by atoms with van der Waals surface area (Å²) in [5, 5.41) is 2.80. The van der Waals surface area contributed by atoms with Crippen LogP contribution in [0.1, 0.15) is 21.9 Å². The molecule has 0 bridgehead atoms. The van der Waals surface area contributed by atoms with Crippen molar-refractivity contribution in [2.24, 2.45) is 0 Å². The van der Waals surface area contributed by atoms with Crippen LogP contribution in [-0.2, 0) is 11.2 Å². The monoisotopic (exact) mass is 348 g/mol. The minimum absolute atomic E-state index is 0.000853. The standard InChI is InChI=1S/C20H20N4O2/c1-14-21-13-18(22-14)20(26)23-16-10-8-15(9-11-16)12-19(25)24(2)17-6-4-3-5-7-17/h3-11,13H,12H2,1-2H3,(H,21,22)(H,23,26). The first-order valence-electron chi connectivity index (χ1n) is 8.26. The third-order valence-electron chi connectivity index (χ3n) is 4.03. The van der Waals surface area contributed by atoms with Crippen LogP contribution in [0.5, 0.6) is 0 Å². The molecule has 0 aliphatic rings. The largest absolute Gasteiger partial charge is 0.338 e. The number of anilines is 2. The van der Waals surface area contributed by atoms with Gasteiger partial charge in [-0.05, 0) is 36.8 Å². The van der Waals surface area contributed by atoms with Crippen LogP contribution in [0.2, 0.25) is 0 Å². The molecule has 6 nitrogen and oxygen atoms in total. The summed E-state index contributed by atoms with van der Waals surface area (Å²) in [6.07, 6.45) is 1.79. The lowest BCUT2D eigenvalue weighted by Crippen LogP contribution is -2.27. The van der Waals surface area contributed by atoms with Gasteiger partial charge in [0.1, 0.15) is 11.5 Å². The molecule has 3 aromatic rings. The number of carbonyl (C=O) groups excluding carboxylic acids is 2. The van der Waals surface area contributed by atoms with Gasteiger partial charge in [-0.15, -0.1) is 0 Å². The van der Waals surface area contributed by atoms with Gasteiger partial charge in [-0.2, -0.15) is 0 Å². The van der Waals surface area contributed by atoms with E-state index in [1.165, 1.54) is 6.20 Å². The number of rotatable bonds is 5. The third-order valence-corrected chi connectivity index (χ3v) is 4.03. The summed E-state index contributed by atoms with van der Waals surface area (Å²) in [5.41, 5.74) is 2.81. The van der Waals surface area contributed by atoms with Gasteiger partial charge in [0.05, 0.1) is 12.6 Å². The van der Waals surface area contributed by atoms with Crippen LogP contribution >= 0.6 is 0 Å². The second-order valence-corrected chi connectivity index (χ2v) is 6.00. The molecule has 0 radical (unpaired) electrons. The third kappa shape index (κ3) is 4.16. The zero-order valence-corrected chi connectivity index (χ0v) is 14.7. The summed E-state index contributed by atoms with van der Waals surface area (Å²) in [5.74, 6) is 0.436. The van der Waals surface area contributed by atoms with Crippen molar-refractivity contribution in [1.29, 1.82) is 0 Å². The quantitative estimate of drug-likeness (QED) is 0.743. The van der Waals surface area contributed by atoms with E-state index < -0.39 is 0 Å².